The van der Waals surface area contributed by atoms with Crippen molar-refractivity contribution in [1.29, 1.82) is 0 Å². The van der Waals surface area contributed by atoms with Crippen molar-refractivity contribution >= 4 is 17.4 Å². The Morgan fingerprint density at radius 3 is 2.47 bits per heavy atom. The van der Waals surface area contributed by atoms with E-state index in [1.807, 2.05) is 32.0 Å². The second-order valence-corrected chi connectivity index (χ2v) is 8.72. The van der Waals surface area contributed by atoms with E-state index in [0.29, 0.717) is 23.5 Å². The van der Waals surface area contributed by atoms with Crippen LogP contribution in [0.5, 0.6) is 17.2 Å². The van der Waals surface area contributed by atoms with E-state index in [4.69, 9.17) is 9.47 Å². The zero-order valence-electron chi connectivity index (χ0n) is 20.7. The molecule has 0 radical (unpaired) electrons. The van der Waals surface area contributed by atoms with Gasteiger partial charge < -0.3 is 24.6 Å². The van der Waals surface area contributed by atoms with Crippen LogP contribution in [0.4, 0.5) is 0 Å². The number of aromatic hydroxyl groups is 1. The number of phenolic OH excluding ortho intramolecular Hbond substituents is 1. The summed E-state index contributed by atoms with van der Waals surface area (Å²) in [5.41, 5.74) is 3.68. The Morgan fingerprint density at radius 2 is 1.75 bits per heavy atom. The van der Waals surface area contributed by atoms with E-state index in [9.17, 15) is 19.8 Å². The van der Waals surface area contributed by atoms with Gasteiger partial charge in [0.1, 0.15) is 11.5 Å². The third-order valence-corrected chi connectivity index (χ3v) is 6.35. The van der Waals surface area contributed by atoms with Gasteiger partial charge in [-0.15, -0.1) is 0 Å². The summed E-state index contributed by atoms with van der Waals surface area (Å²) in [6.45, 7) is 6.19. The fourth-order valence-electron chi connectivity index (χ4n) is 4.50. The van der Waals surface area contributed by atoms with Crippen LogP contribution in [0.25, 0.3) is 5.76 Å². The molecule has 7 heteroatoms. The van der Waals surface area contributed by atoms with Crippen molar-refractivity contribution in [3.63, 3.8) is 0 Å². The topological polar surface area (TPSA) is 96.3 Å². The first kappa shape index (κ1) is 24.9. The number of Topliss-reactive ketones (excluding diaryl/α,β-unsaturated/α-hetero) is 1. The summed E-state index contributed by atoms with van der Waals surface area (Å²) in [6, 6.07) is 16.5. The van der Waals surface area contributed by atoms with Crippen LogP contribution in [0.1, 0.15) is 40.8 Å². The predicted molar refractivity (Wildman–Crippen MR) is 136 cm³/mol. The first-order valence-electron chi connectivity index (χ1n) is 11.7. The van der Waals surface area contributed by atoms with E-state index >= 15 is 0 Å². The number of aryl methyl sites for hydroxylation is 2. The minimum absolute atomic E-state index is 0.0528. The first-order chi connectivity index (χ1) is 17.3. The lowest BCUT2D eigenvalue weighted by Crippen LogP contribution is -2.29. The number of benzene rings is 3. The number of methoxy groups -OCH3 is 1. The molecule has 3 aromatic carbocycles. The second-order valence-electron chi connectivity index (χ2n) is 8.72. The number of carbonyl (C=O) groups excluding carboxylic acids is 2. The Morgan fingerprint density at radius 1 is 1.00 bits per heavy atom. The molecule has 7 nitrogen and oxygen atoms in total. The van der Waals surface area contributed by atoms with E-state index in [1.165, 1.54) is 18.1 Å². The lowest BCUT2D eigenvalue weighted by Gasteiger charge is -2.27. The molecule has 1 aliphatic rings. The molecule has 1 amide bonds. The zero-order valence-corrected chi connectivity index (χ0v) is 20.7. The fraction of sp³-hybridized carbons (Fsp3) is 0.241. The molecular weight excluding hydrogens is 458 g/mol. The highest BCUT2D eigenvalue weighted by molar-refractivity contribution is 6.46. The van der Waals surface area contributed by atoms with Gasteiger partial charge in [-0.2, -0.15) is 0 Å². The SMILES string of the molecule is CCOc1cc(C2/C(=C(/O)c3ccccc3OC)C(=O)C(=O)N2Cc2cc(C)ccc2C)ccc1O. The Bertz CT molecular complexity index is 1360. The van der Waals surface area contributed by atoms with E-state index in [0.717, 1.165) is 16.7 Å². The molecule has 1 saturated heterocycles. The van der Waals surface area contributed by atoms with Crippen LogP contribution in [0, 0.1) is 13.8 Å². The minimum atomic E-state index is -0.908. The number of ether oxygens (including phenoxy) is 2. The number of carbonyl (C=O) groups is 2. The van der Waals surface area contributed by atoms with Crippen LogP contribution in [0.2, 0.25) is 0 Å². The number of para-hydroxylation sites is 1. The number of hydrogen-bond donors (Lipinski definition) is 2. The number of aliphatic hydroxyl groups excluding tert-OH is 1. The summed E-state index contributed by atoms with van der Waals surface area (Å²) in [4.78, 5) is 28.2. The highest BCUT2D eigenvalue weighted by atomic mass is 16.5. The standard InChI is InChI=1S/C29H29NO6/c1-5-36-24-15-19(12-13-22(24)31)26-25(27(32)21-8-6-7-9-23(21)35-4)28(33)29(34)30(26)16-20-14-17(2)10-11-18(20)3/h6-15,26,31-32H,5,16H2,1-4H3/b27-25-. The zero-order chi connectivity index (χ0) is 26.0. The molecule has 1 fully saturated rings. The molecule has 4 rings (SSSR count). The van der Waals surface area contributed by atoms with Gasteiger partial charge in [-0.05, 0) is 61.7 Å². The number of nitrogens with zero attached hydrogens (tertiary/aromatic N) is 1. The van der Waals surface area contributed by atoms with Gasteiger partial charge in [0.25, 0.3) is 11.7 Å². The van der Waals surface area contributed by atoms with Crippen molar-refractivity contribution in [3.05, 3.63) is 94.1 Å². The van der Waals surface area contributed by atoms with Crippen molar-refractivity contribution in [2.75, 3.05) is 13.7 Å². The lowest BCUT2D eigenvalue weighted by atomic mass is 9.94. The van der Waals surface area contributed by atoms with Crippen molar-refractivity contribution in [3.8, 4) is 17.2 Å². The van der Waals surface area contributed by atoms with Crippen molar-refractivity contribution in [2.24, 2.45) is 0 Å². The molecule has 1 atom stereocenters. The third kappa shape index (κ3) is 4.52. The Kier molecular flexibility index (Phi) is 7.01. The smallest absolute Gasteiger partial charge is 0.295 e. The van der Waals surface area contributed by atoms with Gasteiger partial charge in [0.05, 0.1) is 30.9 Å². The van der Waals surface area contributed by atoms with E-state index in [1.54, 1.807) is 43.3 Å². The molecule has 0 aliphatic carbocycles. The second kappa shape index (κ2) is 10.2. The van der Waals surface area contributed by atoms with E-state index < -0.39 is 17.7 Å². The number of likely N-dealkylation sites (tertiary alicyclic amines) is 1. The molecule has 0 aromatic heterocycles. The third-order valence-electron chi connectivity index (χ3n) is 6.35. The Labute approximate surface area is 210 Å². The largest absolute Gasteiger partial charge is 0.507 e. The number of aliphatic hydroxyl groups is 1. The molecule has 0 saturated carbocycles. The number of phenols is 1. The molecule has 0 bridgehead atoms. The maximum Gasteiger partial charge on any atom is 0.295 e. The normalized spacial score (nSPS) is 16.9. The number of ketones is 1. The number of rotatable bonds is 7. The molecule has 36 heavy (non-hydrogen) atoms. The molecular formula is C29H29NO6. The van der Waals surface area contributed by atoms with Gasteiger partial charge in [-0.3, -0.25) is 9.59 Å². The highest BCUT2D eigenvalue weighted by Crippen LogP contribution is 2.43. The van der Waals surface area contributed by atoms with Gasteiger partial charge in [0, 0.05) is 6.54 Å². The van der Waals surface area contributed by atoms with Gasteiger partial charge in [0.15, 0.2) is 11.5 Å². The maximum atomic E-state index is 13.4. The van der Waals surface area contributed by atoms with Crippen LogP contribution < -0.4 is 9.47 Å². The fourth-order valence-corrected chi connectivity index (χ4v) is 4.50. The van der Waals surface area contributed by atoms with Crippen LogP contribution in [-0.4, -0.2) is 40.5 Å². The maximum absolute atomic E-state index is 13.4. The van der Waals surface area contributed by atoms with E-state index in [-0.39, 0.29) is 29.4 Å². The quantitative estimate of drug-likeness (QED) is 0.275. The molecule has 0 spiro atoms. The molecule has 1 unspecified atom stereocenters. The molecule has 1 heterocycles. The van der Waals surface area contributed by atoms with Crippen LogP contribution in [0.15, 0.2) is 66.2 Å². The summed E-state index contributed by atoms with van der Waals surface area (Å²) >= 11 is 0. The summed E-state index contributed by atoms with van der Waals surface area (Å²) in [6.07, 6.45) is 0. The van der Waals surface area contributed by atoms with Gasteiger partial charge >= 0.3 is 0 Å². The molecule has 2 N–H and O–H groups in total. The van der Waals surface area contributed by atoms with Crippen molar-refractivity contribution in [1.82, 2.24) is 4.90 Å². The Hall–Kier alpha value is -4.26. The highest BCUT2D eigenvalue weighted by Gasteiger charge is 2.46. The van der Waals surface area contributed by atoms with E-state index in [2.05, 4.69) is 0 Å². The molecule has 3 aromatic rings. The predicted octanol–water partition coefficient (Wildman–Crippen LogP) is 5.04. The van der Waals surface area contributed by atoms with Crippen molar-refractivity contribution < 1.29 is 29.3 Å². The van der Waals surface area contributed by atoms with Crippen LogP contribution in [0.3, 0.4) is 0 Å². The monoisotopic (exact) mass is 487 g/mol. The summed E-state index contributed by atoms with van der Waals surface area (Å²) in [7, 11) is 1.47. The van der Waals surface area contributed by atoms with Crippen LogP contribution >= 0.6 is 0 Å². The lowest BCUT2D eigenvalue weighted by molar-refractivity contribution is -0.140. The summed E-state index contributed by atoms with van der Waals surface area (Å²) < 4.78 is 10.9. The number of hydrogen-bond acceptors (Lipinski definition) is 6. The minimum Gasteiger partial charge on any atom is -0.507 e. The Balaban J connectivity index is 1.93. The van der Waals surface area contributed by atoms with Gasteiger partial charge in [0.2, 0.25) is 0 Å². The average molecular weight is 488 g/mol. The van der Waals surface area contributed by atoms with Gasteiger partial charge in [-0.1, -0.05) is 42.0 Å². The number of amides is 1. The first-order valence-corrected chi connectivity index (χ1v) is 11.7. The van der Waals surface area contributed by atoms with Crippen LogP contribution in [-0.2, 0) is 16.1 Å². The molecule has 1 aliphatic heterocycles. The molecule has 186 valence electrons. The summed E-state index contributed by atoms with van der Waals surface area (Å²) in [5.74, 6) is -1.30. The van der Waals surface area contributed by atoms with Crippen molar-refractivity contribution in [2.45, 2.75) is 33.4 Å². The average Bonchev–Trinajstić information content (AvgIpc) is 3.12. The summed E-state index contributed by atoms with van der Waals surface area (Å²) in [5, 5.41) is 21.6. The van der Waals surface area contributed by atoms with Gasteiger partial charge in [-0.25, -0.2) is 0 Å².